The van der Waals surface area contributed by atoms with Crippen molar-refractivity contribution in [1.82, 2.24) is 14.9 Å². The SMILES string of the molecule is CCNc1cnc(CN(C)CCC(C)C)cn1. The number of nitrogens with one attached hydrogen (secondary N) is 1. The van der Waals surface area contributed by atoms with Gasteiger partial charge in [-0.1, -0.05) is 13.8 Å². The van der Waals surface area contributed by atoms with Gasteiger partial charge < -0.3 is 10.2 Å². The fourth-order valence-electron chi connectivity index (χ4n) is 1.54. The molecule has 0 unspecified atom stereocenters. The highest BCUT2D eigenvalue weighted by molar-refractivity contribution is 5.30. The maximum Gasteiger partial charge on any atom is 0.144 e. The molecule has 1 aromatic heterocycles. The molecule has 4 heteroatoms. The van der Waals surface area contributed by atoms with E-state index in [2.05, 4.69) is 48.0 Å². The van der Waals surface area contributed by atoms with Crippen LogP contribution in [-0.2, 0) is 6.54 Å². The monoisotopic (exact) mass is 236 g/mol. The third kappa shape index (κ3) is 5.63. The predicted molar refractivity (Wildman–Crippen MR) is 72.0 cm³/mol. The van der Waals surface area contributed by atoms with Crippen LogP contribution in [0, 0.1) is 5.92 Å². The Bertz CT molecular complexity index is 308. The topological polar surface area (TPSA) is 41.1 Å². The van der Waals surface area contributed by atoms with Crippen LogP contribution < -0.4 is 5.32 Å². The van der Waals surface area contributed by atoms with Crippen molar-refractivity contribution in [3.63, 3.8) is 0 Å². The first kappa shape index (κ1) is 13.9. The van der Waals surface area contributed by atoms with Gasteiger partial charge in [-0.25, -0.2) is 4.98 Å². The lowest BCUT2D eigenvalue weighted by atomic mass is 10.1. The molecule has 0 aliphatic carbocycles. The highest BCUT2D eigenvalue weighted by Crippen LogP contribution is 2.05. The van der Waals surface area contributed by atoms with Crippen molar-refractivity contribution in [2.24, 2.45) is 5.92 Å². The van der Waals surface area contributed by atoms with Crippen LogP contribution in [0.25, 0.3) is 0 Å². The van der Waals surface area contributed by atoms with Gasteiger partial charge in [0.25, 0.3) is 0 Å². The standard InChI is InChI=1S/C13H24N4/c1-5-14-13-9-15-12(8-16-13)10-17(4)7-6-11(2)3/h8-9,11H,5-7,10H2,1-4H3,(H,14,16). The van der Waals surface area contributed by atoms with E-state index in [-0.39, 0.29) is 0 Å². The number of rotatable bonds is 7. The zero-order chi connectivity index (χ0) is 12.7. The largest absolute Gasteiger partial charge is 0.369 e. The Morgan fingerprint density at radius 3 is 2.59 bits per heavy atom. The fourth-order valence-corrected chi connectivity index (χ4v) is 1.54. The average molecular weight is 236 g/mol. The molecule has 0 fully saturated rings. The van der Waals surface area contributed by atoms with Crippen molar-refractivity contribution >= 4 is 5.82 Å². The Morgan fingerprint density at radius 1 is 1.29 bits per heavy atom. The minimum Gasteiger partial charge on any atom is -0.369 e. The van der Waals surface area contributed by atoms with E-state index >= 15 is 0 Å². The van der Waals surface area contributed by atoms with Gasteiger partial charge in [-0.05, 0) is 32.9 Å². The molecule has 1 aromatic rings. The predicted octanol–water partition coefficient (Wildman–Crippen LogP) is 2.39. The molecule has 1 N–H and O–H groups in total. The van der Waals surface area contributed by atoms with Crippen LogP contribution in [0.1, 0.15) is 32.9 Å². The van der Waals surface area contributed by atoms with Crippen molar-refractivity contribution < 1.29 is 0 Å². The number of hydrogen-bond donors (Lipinski definition) is 1. The Labute approximate surface area is 104 Å². The van der Waals surface area contributed by atoms with E-state index in [0.29, 0.717) is 0 Å². The molecule has 1 rings (SSSR count). The van der Waals surface area contributed by atoms with Gasteiger partial charge in [0.05, 0.1) is 18.1 Å². The quantitative estimate of drug-likeness (QED) is 0.789. The van der Waals surface area contributed by atoms with E-state index in [1.807, 2.05) is 6.20 Å². The Morgan fingerprint density at radius 2 is 2.06 bits per heavy atom. The van der Waals surface area contributed by atoms with Crippen molar-refractivity contribution in [2.45, 2.75) is 33.7 Å². The molecule has 0 aromatic carbocycles. The highest BCUT2D eigenvalue weighted by Gasteiger charge is 2.03. The van der Waals surface area contributed by atoms with Crippen LogP contribution >= 0.6 is 0 Å². The molecule has 4 nitrogen and oxygen atoms in total. The lowest BCUT2D eigenvalue weighted by Gasteiger charge is -2.17. The van der Waals surface area contributed by atoms with Crippen LogP contribution in [0.4, 0.5) is 5.82 Å². The number of nitrogens with zero attached hydrogens (tertiary/aromatic N) is 3. The summed E-state index contributed by atoms with van der Waals surface area (Å²) in [5.74, 6) is 1.60. The summed E-state index contributed by atoms with van der Waals surface area (Å²) in [6.07, 6.45) is 4.87. The molecule has 0 aliphatic rings. The molecule has 0 bridgehead atoms. The molecular formula is C13H24N4. The van der Waals surface area contributed by atoms with E-state index < -0.39 is 0 Å². The van der Waals surface area contributed by atoms with Crippen molar-refractivity contribution in [2.75, 3.05) is 25.5 Å². The van der Waals surface area contributed by atoms with Gasteiger partial charge >= 0.3 is 0 Å². The van der Waals surface area contributed by atoms with Gasteiger partial charge in [-0.15, -0.1) is 0 Å². The minimum atomic E-state index is 0.750. The number of aromatic nitrogens is 2. The average Bonchev–Trinajstić information content (AvgIpc) is 2.29. The van der Waals surface area contributed by atoms with E-state index in [1.165, 1.54) is 6.42 Å². The zero-order valence-electron chi connectivity index (χ0n) is 11.4. The Kier molecular flexibility index (Phi) is 5.91. The first-order valence-electron chi connectivity index (χ1n) is 6.35. The molecule has 0 aliphatic heterocycles. The molecule has 0 saturated carbocycles. The summed E-state index contributed by atoms with van der Waals surface area (Å²) < 4.78 is 0. The maximum absolute atomic E-state index is 4.40. The minimum absolute atomic E-state index is 0.750. The van der Waals surface area contributed by atoms with Crippen LogP contribution in [0.3, 0.4) is 0 Å². The Balaban J connectivity index is 2.40. The zero-order valence-corrected chi connectivity index (χ0v) is 11.4. The summed E-state index contributed by atoms with van der Waals surface area (Å²) in [5.41, 5.74) is 1.03. The van der Waals surface area contributed by atoms with Crippen LogP contribution in [0.5, 0.6) is 0 Å². The molecule has 0 saturated heterocycles. The van der Waals surface area contributed by atoms with Gasteiger partial charge in [0.2, 0.25) is 0 Å². The van der Waals surface area contributed by atoms with E-state index in [1.54, 1.807) is 6.20 Å². The molecule has 0 amide bonds. The molecular weight excluding hydrogens is 212 g/mol. The summed E-state index contributed by atoms with van der Waals surface area (Å²) in [6.45, 7) is 9.40. The lowest BCUT2D eigenvalue weighted by molar-refractivity contribution is 0.300. The van der Waals surface area contributed by atoms with Crippen molar-refractivity contribution in [1.29, 1.82) is 0 Å². The van der Waals surface area contributed by atoms with Crippen LogP contribution in [0.2, 0.25) is 0 Å². The van der Waals surface area contributed by atoms with Gasteiger partial charge in [-0.2, -0.15) is 0 Å². The highest BCUT2D eigenvalue weighted by atomic mass is 15.1. The summed E-state index contributed by atoms with van der Waals surface area (Å²) >= 11 is 0. The molecule has 0 spiro atoms. The van der Waals surface area contributed by atoms with E-state index in [9.17, 15) is 0 Å². The van der Waals surface area contributed by atoms with Gasteiger partial charge in [0.1, 0.15) is 5.82 Å². The van der Waals surface area contributed by atoms with E-state index in [0.717, 1.165) is 37.1 Å². The van der Waals surface area contributed by atoms with Crippen molar-refractivity contribution in [3.8, 4) is 0 Å². The third-order valence-corrected chi connectivity index (χ3v) is 2.58. The van der Waals surface area contributed by atoms with Crippen LogP contribution in [0.15, 0.2) is 12.4 Å². The normalized spacial score (nSPS) is 11.2. The second-order valence-corrected chi connectivity index (χ2v) is 4.84. The molecule has 96 valence electrons. The molecule has 17 heavy (non-hydrogen) atoms. The molecule has 0 atom stereocenters. The van der Waals surface area contributed by atoms with E-state index in [4.69, 9.17) is 0 Å². The second kappa shape index (κ2) is 7.22. The molecule has 1 heterocycles. The van der Waals surface area contributed by atoms with Gasteiger partial charge in [0, 0.05) is 13.1 Å². The summed E-state index contributed by atoms with van der Waals surface area (Å²) in [4.78, 5) is 11.0. The summed E-state index contributed by atoms with van der Waals surface area (Å²) in [7, 11) is 2.13. The second-order valence-electron chi connectivity index (χ2n) is 4.84. The Hall–Kier alpha value is -1.16. The molecule has 0 radical (unpaired) electrons. The number of hydrogen-bond acceptors (Lipinski definition) is 4. The summed E-state index contributed by atoms with van der Waals surface area (Å²) in [5, 5.41) is 3.14. The maximum atomic E-state index is 4.40. The fraction of sp³-hybridized carbons (Fsp3) is 0.692. The third-order valence-electron chi connectivity index (χ3n) is 2.58. The first-order valence-corrected chi connectivity index (χ1v) is 6.35. The smallest absolute Gasteiger partial charge is 0.144 e. The number of anilines is 1. The van der Waals surface area contributed by atoms with Crippen LogP contribution in [-0.4, -0.2) is 35.0 Å². The van der Waals surface area contributed by atoms with Crippen molar-refractivity contribution in [3.05, 3.63) is 18.1 Å². The summed E-state index contributed by atoms with van der Waals surface area (Å²) in [6, 6.07) is 0. The lowest BCUT2D eigenvalue weighted by Crippen LogP contribution is -2.21. The first-order chi connectivity index (χ1) is 8.11. The van der Waals surface area contributed by atoms with Gasteiger partial charge in [-0.3, -0.25) is 4.98 Å². The van der Waals surface area contributed by atoms with Gasteiger partial charge in [0.15, 0.2) is 0 Å².